The van der Waals surface area contributed by atoms with Gasteiger partial charge in [-0.05, 0) is 43.4 Å². The molecule has 2 aliphatic heterocycles. The van der Waals surface area contributed by atoms with Crippen LogP contribution >= 0.6 is 0 Å². The van der Waals surface area contributed by atoms with Crippen molar-refractivity contribution in [2.75, 3.05) is 49.6 Å². The van der Waals surface area contributed by atoms with Crippen LogP contribution in [0.25, 0.3) is 16.6 Å². The van der Waals surface area contributed by atoms with Crippen LogP contribution in [0.4, 0.5) is 11.4 Å². The molecule has 0 amide bonds. The van der Waals surface area contributed by atoms with Crippen molar-refractivity contribution in [3.05, 3.63) is 60.1 Å². The lowest BCUT2D eigenvalue weighted by Crippen LogP contribution is -2.44. The Kier molecular flexibility index (Phi) is 4.47. The molecule has 2 aromatic carbocycles. The topological polar surface area (TPSA) is 71.6 Å². The number of benzene rings is 2. The highest BCUT2D eigenvalue weighted by Crippen LogP contribution is 2.32. The third-order valence-corrected chi connectivity index (χ3v) is 6.14. The van der Waals surface area contributed by atoms with Crippen molar-refractivity contribution in [1.29, 1.82) is 5.41 Å². The van der Waals surface area contributed by atoms with Crippen LogP contribution in [0, 0.1) is 5.41 Å². The fourth-order valence-corrected chi connectivity index (χ4v) is 4.31. The van der Waals surface area contributed by atoms with E-state index < -0.39 is 0 Å². The maximum Gasteiger partial charge on any atom is 0.148 e. The molecule has 1 aromatic heterocycles. The summed E-state index contributed by atoms with van der Waals surface area (Å²) in [6.07, 6.45) is 0. The van der Waals surface area contributed by atoms with Crippen molar-refractivity contribution in [2.45, 2.75) is 0 Å². The molecule has 0 atom stereocenters. The summed E-state index contributed by atoms with van der Waals surface area (Å²) in [7, 11) is 4.08. The van der Waals surface area contributed by atoms with E-state index in [-0.39, 0.29) is 18.1 Å². The van der Waals surface area contributed by atoms with E-state index in [1.807, 2.05) is 52.9 Å². The predicted octanol–water partition coefficient (Wildman–Crippen LogP) is 3.09. The molecule has 0 radical (unpaired) electrons. The molecule has 2 aliphatic rings. The molecule has 2 N–H and O–H groups in total. The van der Waals surface area contributed by atoms with Crippen LogP contribution in [0.2, 0.25) is 0 Å². The first-order valence-electron chi connectivity index (χ1n) is 10.3. The molecule has 0 bridgehead atoms. The number of aryl methyl sites for hydroxylation is 1. The Labute approximate surface area is 176 Å². The first-order valence-corrected chi connectivity index (χ1v) is 10.3. The van der Waals surface area contributed by atoms with Gasteiger partial charge in [0.25, 0.3) is 0 Å². The highest BCUT2D eigenvalue weighted by Gasteiger charge is 2.32. The highest BCUT2D eigenvalue weighted by atomic mass is 16.3. The lowest BCUT2D eigenvalue weighted by Gasteiger charge is -2.34. The van der Waals surface area contributed by atoms with Crippen molar-refractivity contribution in [1.82, 2.24) is 14.5 Å². The summed E-state index contributed by atoms with van der Waals surface area (Å²) in [6.45, 7) is 4.46. The lowest BCUT2D eigenvalue weighted by molar-refractivity contribution is 0.313. The third kappa shape index (κ3) is 3.02. The number of aliphatic hydroxyl groups excluding tert-OH is 1. The highest BCUT2D eigenvalue weighted by molar-refractivity contribution is 6.30. The summed E-state index contributed by atoms with van der Waals surface area (Å²) in [5, 5.41) is 19.5. The second kappa shape index (κ2) is 7.18. The van der Waals surface area contributed by atoms with Crippen LogP contribution in [-0.2, 0) is 7.05 Å². The molecule has 1 fully saturated rings. The fraction of sp³-hybridized carbons (Fsp3) is 0.304. The molecule has 7 nitrogen and oxygen atoms in total. The number of hydrogen-bond acceptors (Lipinski definition) is 5. The maximum absolute atomic E-state index is 10.7. The molecule has 0 aliphatic carbocycles. The number of aliphatic hydroxyl groups is 1. The average molecular weight is 403 g/mol. The molecule has 7 heteroatoms. The number of piperazine rings is 1. The number of nitrogens with one attached hydrogen (secondary N) is 1. The summed E-state index contributed by atoms with van der Waals surface area (Å²) in [5.74, 6) is 1.08. The van der Waals surface area contributed by atoms with E-state index in [0.717, 1.165) is 42.9 Å². The minimum Gasteiger partial charge on any atom is -0.509 e. The summed E-state index contributed by atoms with van der Waals surface area (Å²) in [5.41, 5.74) is 4.44. The van der Waals surface area contributed by atoms with Gasteiger partial charge in [0.1, 0.15) is 17.4 Å². The predicted molar refractivity (Wildman–Crippen MR) is 121 cm³/mol. The maximum atomic E-state index is 10.7. The second-order valence-electron chi connectivity index (χ2n) is 8.05. The summed E-state index contributed by atoms with van der Waals surface area (Å²) in [6, 6.07) is 16.1. The molecular formula is C23H26N6O. The van der Waals surface area contributed by atoms with Crippen LogP contribution in [-0.4, -0.2) is 65.2 Å². The Hall–Kier alpha value is -3.32. The molecule has 5 rings (SSSR count). The van der Waals surface area contributed by atoms with Crippen LogP contribution < -0.4 is 9.80 Å². The minimum absolute atomic E-state index is 0.182. The van der Waals surface area contributed by atoms with Crippen LogP contribution in [0.1, 0.15) is 5.82 Å². The van der Waals surface area contributed by atoms with Gasteiger partial charge < -0.3 is 24.4 Å². The van der Waals surface area contributed by atoms with E-state index in [4.69, 9.17) is 5.41 Å². The zero-order valence-electron chi connectivity index (χ0n) is 17.3. The van der Waals surface area contributed by atoms with E-state index in [2.05, 4.69) is 34.0 Å². The second-order valence-corrected chi connectivity index (χ2v) is 8.05. The van der Waals surface area contributed by atoms with E-state index in [1.165, 1.54) is 5.69 Å². The van der Waals surface area contributed by atoms with Gasteiger partial charge in [-0.25, -0.2) is 4.98 Å². The number of rotatable bonds is 3. The Morgan fingerprint density at radius 3 is 2.27 bits per heavy atom. The number of nitrogens with zero attached hydrogens (tertiary/aromatic N) is 5. The van der Waals surface area contributed by atoms with Crippen molar-refractivity contribution in [3.8, 4) is 0 Å². The molecule has 3 heterocycles. The monoisotopic (exact) mass is 402 g/mol. The minimum atomic E-state index is 0.182. The normalized spacial score (nSPS) is 18.1. The summed E-state index contributed by atoms with van der Waals surface area (Å²) < 4.78 is 1.94. The molecule has 0 saturated carbocycles. The number of anilines is 2. The molecule has 0 unspecified atom stereocenters. The zero-order chi connectivity index (χ0) is 20.8. The number of fused-ring (bicyclic) bond motifs is 1. The smallest absolute Gasteiger partial charge is 0.148 e. The Morgan fingerprint density at radius 2 is 1.57 bits per heavy atom. The largest absolute Gasteiger partial charge is 0.509 e. The lowest BCUT2D eigenvalue weighted by atomic mass is 10.2. The van der Waals surface area contributed by atoms with Gasteiger partial charge in [-0.1, -0.05) is 12.1 Å². The Balaban J connectivity index is 1.40. The Morgan fingerprint density at radius 1 is 0.900 bits per heavy atom. The standard InChI is InChI=1S/C23H26N6O/c1-26-11-13-28(14-12-26)16-7-9-17(10-8-16)29-15-20(30)21(22(29)24)23-25-18-5-3-4-6-19(18)27(23)2/h3-10,24,30H,11-15H2,1-2H3. The number of likely N-dealkylation sites (N-methyl/N-ethyl adjacent to an activating group) is 1. The van der Waals surface area contributed by atoms with E-state index >= 15 is 0 Å². The first kappa shape index (κ1) is 18.7. The molecule has 1 saturated heterocycles. The van der Waals surface area contributed by atoms with E-state index in [1.54, 1.807) is 0 Å². The summed E-state index contributed by atoms with van der Waals surface area (Å²) >= 11 is 0. The number of aromatic nitrogens is 2. The zero-order valence-corrected chi connectivity index (χ0v) is 17.3. The SMILES string of the molecule is CN1CCN(c2ccc(N3CC(O)=C(c4nc5ccccc5n4C)C3=N)cc2)CC1. The quantitative estimate of drug-likeness (QED) is 0.704. The molecule has 30 heavy (non-hydrogen) atoms. The van der Waals surface area contributed by atoms with Gasteiger partial charge >= 0.3 is 0 Å². The third-order valence-electron chi connectivity index (χ3n) is 6.14. The van der Waals surface area contributed by atoms with Gasteiger partial charge in [0.05, 0.1) is 23.2 Å². The van der Waals surface area contributed by atoms with Gasteiger partial charge in [0, 0.05) is 44.6 Å². The van der Waals surface area contributed by atoms with Gasteiger partial charge in [-0.15, -0.1) is 0 Å². The van der Waals surface area contributed by atoms with Crippen molar-refractivity contribution < 1.29 is 5.11 Å². The van der Waals surface area contributed by atoms with Crippen molar-refractivity contribution >= 4 is 33.8 Å². The summed E-state index contributed by atoms with van der Waals surface area (Å²) in [4.78, 5) is 11.2. The number of imidazole rings is 1. The van der Waals surface area contributed by atoms with E-state index in [0.29, 0.717) is 11.4 Å². The molecule has 0 spiro atoms. The molecule has 154 valence electrons. The van der Waals surface area contributed by atoms with Gasteiger partial charge in [0.2, 0.25) is 0 Å². The Bertz CT molecular complexity index is 1140. The molecule has 3 aromatic rings. The van der Waals surface area contributed by atoms with Crippen LogP contribution in [0.3, 0.4) is 0 Å². The van der Waals surface area contributed by atoms with Gasteiger partial charge in [-0.2, -0.15) is 0 Å². The van der Waals surface area contributed by atoms with Crippen molar-refractivity contribution in [2.24, 2.45) is 7.05 Å². The fourth-order valence-electron chi connectivity index (χ4n) is 4.31. The van der Waals surface area contributed by atoms with Crippen LogP contribution in [0.5, 0.6) is 0 Å². The van der Waals surface area contributed by atoms with Gasteiger partial charge in [0.15, 0.2) is 0 Å². The molecular weight excluding hydrogens is 376 g/mol. The van der Waals surface area contributed by atoms with Crippen molar-refractivity contribution in [3.63, 3.8) is 0 Å². The number of hydrogen-bond donors (Lipinski definition) is 2. The van der Waals surface area contributed by atoms with Gasteiger partial charge in [-0.3, -0.25) is 5.41 Å². The first-order chi connectivity index (χ1) is 14.5. The van der Waals surface area contributed by atoms with Crippen LogP contribution in [0.15, 0.2) is 54.3 Å². The number of amidine groups is 1. The number of para-hydroxylation sites is 2. The average Bonchev–Trinajstić information content (AvgIpc) is 3.24. The van der Waals surface area contributed by atoms with E-state index in [9.17, 15) is 5.11 Å².